The Morgan fingerprint density at radius 2 is 2.00 bits per heavy atom. The highest BCUT2D eigenvalue weighted by Gasteiger charge is 2.30. The average Bonchev–Trinajstić information content (AvgIpc) is 1.81. The van der Waals surface area contributed by atoms with Crippen molar-refractivity contribution in [2.24, 2.45) is 5.73 Å². The predicted octanol–water partition coefficient (Wildman–Crippen LogP) is -0.106. The summed E-state index contributed by atoms with van der Waals surface area (Å²) in [6, 6.07) is 0. The van der Waals surface area contributed by atoms with E-state index in [-0.39, 0.29) is 13.1 Å². The van der Waals surface area contributed by atoms with Gasteiger partial charge in [0, 0.05) is 13.1 Å². The van der Waals surface area contributed by atoms with Crippen LogP contribution in [0.25, 0.3) is 0 Å². The number of halogens is 3. The molecule has 0 heterocycles. The number of nitrogens with two attached hydrogens (primary N) is 1. The molecular weight excluding hydrogens is 189 g/mol. The van der Waals surface area contributed by atoms with E-state index in [1.165, 1.54) is 0 Å². The largest absolute Gasteiger partial charge is 0.480 e. The van der Waals surface area contributed by atoms with E-state index in [9.17, 15) is 18.0 Å². The summed E-state index contributed by atoms with van der Waals surface area (Å²) >= 11 is 0. The number of nitrogens with zero attached hydrogens (tertiary/aromatic N) is 1. The van der Waals surface area contributed by atoms with Gasteiger partial charge in [0.25, 0.3) is 0 Å². The molecule has 7 heteroatoms. The molecule has 0 aliphatic heterocycles. The highest BCUT2D eigenvalue weighted by Crippen LogP contribution is 2.15. The van der Waals surface area contributed by atoms with E-state index < -0.39 is 25.2 Å². The molecule has 0 aromatic rings. The summed E-state index contributed by atoms with van der Waals surface area (Å²) in [7, 11) is 0. The van der Waals surface area contributed by atoms with Crippen molar-refractivity contribution in [3.8, 4) is 0 Å². The van der Waals surface area contributed by atoms with Crippen molar-refractivity contribution in [1.29, 1.82) is 0 Å². The molecule has 0 rings (SSSR count). The van der Waals surface area contributed by atoms with Crippen LogP contribution < -0.4 is 5.73 Å². The van der Waals surface area contributed by atoms with Crippen molar-refractivity contribution in [1.82, 2.24) is 4.90 Å². The highest BCUT2D eigenvalue weighted by atomic mass is 19.4. The molecule has 78 valence electrons. The Labute approximate surface area is 73.1 Å². The van der Waals surface area contributed by atoms with E-state index in [2.05, 4.69) is 0 Å². The Morgan fingerprint density at radius 3 is 2.31 bits per heavy atom. The van der Waals surface area contributed by atoms with Crippen LogP contribution in [0.4, 0.5) is 13.2 Å². The fourth-order valence-electron chi connectivity index (χ4n) is 0.841. The first-order valence-electron chi connectivity index (χ1n) is 3.56. The lowest BCUT2D eigenvalue weighted by Gasteiger charge is -2.20. The molecule has 0 saturated heterocycles. The number of alkyl halides is 3. The average molecular weight is 200 g/mol. The molecule has 0 aliphatic carbocycles. The van der Waals surface area contributed by atoms with Gasteiger partial charge < -0.3 is 10.8 Å². The Balaban J connectivity index is 4.01. The lowest BCUT2D eigenvalue weighted by Crippen LogP contribution is -2.40. The molecule has 3 N–H and O–H groups in total. The third-order valence-electron chi connectivity index (χ3n) is 1.21. The van der Waals surface area contributed by atoms with E-state index >= 15 is 0 Å². The second-order valence-corrected chi connectivity index (χ2v) is 2.51. The van der Waals surface area contributed by atoms with Gasteiger partial charge in [-0.1, -0.05) is 0 Å². The normalized spacial score (nSPS) is 12.1. The molecule has 0 unspecified atom stereocenters. The maximum atomic E-state index is 11.8. The van der Waals surface area contributed by atoms with Gasteiger partial charge >= 0.3 is 12.1 Å². The van der Waals surface area contributed by atoms with Crippen LogP contribution in [-0.4, -0.2) is 48.3 Å². The molecule has 13 heavy (non-hydrogen) atoms. The number of aliphatic carboxylic acids is 1. The zero-order valence-electron chi connectivity index (χ0n) is 6.84. The second-order valence-electron chi connectivity index (χ2n) is 2.51. The van der Waals surface area contributed by atoms with Crippen molar-refractivity contribution in [3.63, 3.8) is 0 Å². The predicted molar refractivity (Wildman–Crippen MR) is 39.2 cm³/mol. The van der Waals surface area contributed by atoms with Crippen molar-refractivity contribution in [3.05, 3.63) is 0 Å². The van der Waals surface area contributed by atoms with Gasteiger partial charge in [-0.05, 0) is 0 Å². The topological polar surface area (TPSA) is 66.6 Å². The Hall–Kier alpha value is -0.820. The van der Waals surface area contributed by atoms with Gasteiger partial charge in [0.05, 0.1) is 13.1 Å². The Kier molecular flexibility index (Phi) is 4.71. The summed E-state index contributed by atoms with van der Waals surface area (Å²) in [4.78, 5) is 10.9. The first-order chi connectivity index (χ1) is 5.85. The van der Waals surface area contributed by atoms with Crippen molar-refractivity contribution < 1.29 is 23.1 Å². The molecule has 0 saturated carbocycles. The molecule has 0 radical (unpaired) electrons. The Bertz CT molecular complexity index is 172. The molecule has 0 aromatic heterocycles. The summed E-state index contributed by atoms with van der Waals surface area (Å²) in [5.74, 6) is -1.29. The van der Waals surface area contributed by atoms with Crippen molar-refractivity contribution >= 4 is 5.97 Å². The number of carboxylic acids is 1. The minimum Gasteiger partial charge on any atom is -0.480 e. The maximum Gasteiger partial charge on any atom is 0.401 e. The van der Waals surface area contributed by atoms with Crippen LogP contribution in [-0.2, 0) is 4.79 Å². The van der Waals surface area contributed by atoms with Crippen LogP contribution in [0.15, 0.2) is 0 Å². The molecule has 0 amide bonds. The number of carbonyl (C=O) groups is 1. The fraction of sp³-hybridized carbons (Fsp3) is 0.833. The second kappa shape index (κ2) is 5.03. The van der Waals surface area contributed by atoms with Crippen molar-refractivity contribution in [2.75, 3.05) is 26.2 Å². The lowest BCUT2D eigenvalue weighted by atomic mass is 10.4. The van der Waals surface area contributed by atoms with Gasteiger partial charge in [-0.3, -0.25) is 9.69 Å². The van der Waals surface area contributed by atoms with Crippen LogP contribution in [0.2, 0.25) is 0 Å². The SMILES string of the molecule is NCCN(CC(=O)O)CC(F)(F)F. The lowest BCUT2D eigenvalue weighted by molar-refractivity contribution is -0.153. The number of rotatable bonds is 5. The zero-order valence-corrected chi connectivity index (χ0v) is 6.84. The minimum absolute atomic E-state index is 0.00333. The van der Waals surface area contributed by atoms with Gasteiger partial charge in [0.1, 0.15) is 0 Å². The summed E-state index contributed by atoms with van der Waals surface area (Å²) < 4.78 is 35.4. The first-order valence-corrected chi connectivity index (χ1v) is 3.56. The molecule has 0 bridgehead atoms. The van der Waals surface area contributed by atoms with Crippen molar-refractivity contribution in [2.45, 2.75) is 6.18 Å². The Morgan fingerprint density at radius 1 is 1.46 bits per heavy atom. The van der Waals surface area contributed by atoms with Gasteiger partial charge in [-0.15, -0.1) is 0 Å². The number of hydrogen-bond acceptors (Lipinski definition) is 3. The fourth-order valence-corrected chi connectivity index (χ4v) is 0.841. The highest BCUT2D eigenvalue weighted by molar-refractivity contribution is 5.69. The number of hydrogen-bond donors (Lipinski definition) is 2. The van der Waals surface area contributed by atoms with Gasteiger partial charge in [-0.2, -0.15) is 13.2 Å². The molecule has 0 aliphatic rings. The third-order valence-corrected chi connectivity index (χ3v) is 1.21. The number of carboxylic acid groups (broad SMARTS) is 1. The van der Waals surface area contributed by atoms with Gasteiger partial charge in [0.2, 0.25) is 0 Å². The summed E-state index contributed by atoms with van der Waals surface area (Å²) in [6.45, 7) is -1.96. The van der Waals surface area contributed by atoms with Gasteiger partial charge in [-0.25, -0.2) is 0 Å². The molecule has 0 fully saturated rings. The van der Waals surface area contributed by atoms with E-state index in [0.717, 1.165) is 4.90 Å². The smallest absolute Gasteiger partial charge is 0.401 e. The van der Waals surface area contributed by atoms with E-state index in [4.69, 9.17) is 10.8 Å². The van der Waals surface area contributed by atoms with Crippen LogP contribution in [0.5, 0.6) is 0 Å². The minimum atomic E-state index is -4.38. The first kappa shape index (κ1) is 12.2. The van der Waals surface area contributed by atoms with Crippen LogP contribution >= 0.6 is 0 Å². The van der Waals surface area contributed by atoms with Gasteiger partial charge in [0.15, 0.2) is 0 Å². The zero-order chi connectivity index (χ0) is 10.5. The summed E-state index contributed by atoms with van der Waals surface area (Å²) in [6.07, 6.45) is -4.38. The quantitative estimate of drug-likeness (QED) is 0.650. The third kappa shape index (κ3) is 7.54. The van der Waals surface area contributed by atoms with Crippen LogP contribution in [0, 0.1) is 0 Å². The monoisotopic (exact) mass is 200 g/mol. The molecule has 4 nitrogen and oxygen atoms in total. The van der Waals surface area contributed by atoms with Crippen LogP contribution in [0.3, 0.4) is 0 Å². The van der Waals surface area contributed by atoms with Crippen LogP contribution in [0.1, 0.15) is 0 Å². The molecule has 0 aromatic carbocycles. The summed E-state index contributed by atoms with van der Waals surface area (Å²) in [5, 5.41) is 8.26. The molecule has 0 atom stereocenters. The molecule has 0 spiro atoms. The van der Waals surface area contributed by atoms with E-state index in [1.807, 2.05) is 0 Å². The molecular formula is C6H11F3N2O2. The van der Waals surface area contributed by atoms with E-state index in [1.54, 1.807) is 0 Å². The standard InChI is InChI=1S/C6H11F3N2O2/c7-6(8,9)4-11(2-1-10)3-5(12)13/h1-4,10H2,(H,12,13). The van der Waals surface area contributed by atoms with E-state index in [0.29, 0.717) is 0 Å². The maximum absolute atomic E-state index is 11.8. The summed E-state index contributed by atoms with van der Waals surface area (Å²) in [5.41, 5.74) is 5.02.